The Morgan fingerprint density at radius 3 is 2.79 bits per heavy atom. The second-order valence-electron chi connectivity index (χ2n) is 6.18. The van der Waals surface area contributed by atoms with Crippen LogP contribution < -0.4 is 21.7 Å². The average Bonchev–Trinajstić information content (AvgIpc) is 2.95. The van der Waals surface area contributed by atoms with Gasteiger partial charge in [0.2, 0.25) is 17.8 Å². The number of hydrogen-bond donors (Lipinski definition) is 4. The van der Waals surface area contributed by atoms with Gasteiger partial charge in [-0.15, -0.1) is 0 Å². The van der Waals surface area contributed by atoms with E-state index in [9.17, 15) is 14.0 Å². The summed E-state index contributed by atoms with van der Waals surface area (Å²) in [5, 5.41) is 7.77. The molecule has 28 heavy (non-hydrogen) atoms. The Bertz CT molecular complexity index is 972. The number of benzene rings is 2. The van der Waals surface area contributed by atoms with Crippen molar-refractivity contribution in [1.82, 2.24) is 5.32 Å². The van der Waals surface area contributed by atoms with Crippen molar-refractivity contribution in [3.8, 4) is 0 Å². The maximum Gasteiger partial charge on any atom is 0.252 e. The SMILES string of the molecule is Cc1cccc(N/C(N)=N/C2=NC(CC(=O)Nc3ccccc3F)C(=O)N2)c1. The molecule has 0 spiro atoms. The highest BCUT2D eigenvalue weighted by Gasteiger charge is 2.28. The number of rotatable bonds is 4. The molecule has 0 aromatic heterocycles. The van der Waals surface area contributed by atoms with Crippen molar-refractivity contribution >= 4 is 35.1 Å². The Kier molecular flexibility index (Phi) is 5.64. The van der Waals surface area contributed by atoms with E-state index in [2.05, 4.69) is 25.9 Å². The number of nitrogens with one attached hydrogen (secondary N) is 3. The van der Waals surface area contributed by atoms with E-state index in [4.69, 9.17) is 5.73 Å². The Morgan fingerprint density at radius 2 is 2.04 bits per heavy atom. The number of guanidine groups is 2. The molecule has 144 valence electrons. The van der Waals surface area contributed by atoms with E-state index in [1.165, 1.54) is 18.2 Å². The van der Waals surface area contributed by atoms with Gasteiger partial charge in [0.05, 0.1) is 12.1 Å². The molecular formula is C19H19FN6O2. The first-order valence-electron chi connectivity index (χ1n) is 8.51. The van der Waals surface area contributed by atoms with E-state index >= 15 is 0 Å². The molecule has 0 saturated carbocycles. The molecule has 1 aliphatic rings. The zero-order valence-electron chi connectivity index (χ0n) is 15.1. The minimum Gasteiger partial charge on any atom is -0.369 e. The predicted molar refractivity (Wildman–Crippen MR) is 105 cm³/mol. The third kappa shape index (κ3) is 4.91. The van der Waals surface area contributed by atoms with Crippen molar-refractivity contribution in [2.24, 2.45) is 15.7 Å². The van der Waals surface area contributed by atoms with Gasteiger partial charge in [0.1, 0.15) is 11.9 Å². The molecule has 1 unspecified atom stereocenters. The van der Waals surface area contributed by atoms with Gasteiger partial charge in [-0.3, -0.25) is 14.9 Å². The van der Waals surface area contributed by atoms with E-state index < -0.39 is 23.7 Å². The summed E-state index contributed by atoms with van der Waals surface area (Å²) in [5.41, 5.74) is 7.66. The second-order valence-corrected chi connectivity index (χ2v) is 6.18. The van der Waals surface area contributed by atoms with E-state index in [0.29, 0.717) is 0 Å². The maximum atomic E-state index is 13.6. The first-order valence-corrected chi connectivity index (χ1v) is 8.51. The summed E-state index contributed by atoms with van der Waals surface area (Å²) in [5.74, 6) is -1.53. The fraction of sp³-hybridized carbons (Fsp3) is 0.158. The van der Waals surface area contributed by atoms with Crippen LogP contribution in [-0.2, 0) is 9.59 Å². The molecule has 5 N–H and O–H groups in total. The molecule has 9 heteroatoms. The lowest BCUT2D eigenvalue weighted by molar-refractivity contribution is -0.123. The van der Waals surface area contributed by atoms with E-state index in [0.717, 1.165) is 11.3 Å². The standard InChI is InChI=1S/C19H19FN6O2/c1-11-5-4-6-12(9-11)22-18(21)26-19-24-15(17(28)25-19)10-16(27)23-14-8-3-2-7-13(14)20/h2-9,15H,10H2,1H3,(H,23,27)(H4,21,22,24,25,26,28). The topological polar surface area (TPSA) is 121 Å². The Balaban J connectivity index is 1.62. The number of nitrogens with zero attached hydrogens (tertiary/aromatic N) is 2. The highest BCUT2D eigenvalue weighted by molar-refractivity contribution is 6.11. The van der Waals surface area contributed by atoms with Crippen LogP contribution in [0.2, 0.25) is 0 Å². The van der Waals surface area contributed by atoms with Gasteiger partial charge in [0, 0.05) is 5.69 Å². The lowest BCUT2D eigenvalue weighted by atomic mass is 10.2. The van der Waals surface area contributed by atoms with Crippen molar-refractivity contribution in [1.29, 1.82) is 0 Å². The first-order chi connectivity index (χ1) is 13.4. The van der Waals surface area contributed by atoms with Crippen LogP contribution in [0.1, 0.15) is 12.0 Å². The normalized spacial score (nSPS) is 16.4. The molecule has 1 atom stereocenters. The summed E-state index contributed by atoms with van der Waals surface area (Å²) in [7, 11) is 0. The Labute approximate surface area is 160 Å². The third-order valence-corrected chi connectivity index (χ3v) is 3.86. The summed E-state index contributed by atoms with van der Waals surface area (Å²) in [6.45, 7) is 1.94. The Morgan fingerprint density at radius 1 is 1.25 bits per heavy atom. The summed E-state index contributed by atoms with van der Waals surface area (Å²) in [4.78, 5) is 32.2. The van der Waals surface area contributed by atoms with Gasteiger partial charge in [-0.2, -0.15) is 4.99 Å². The van der Waals surface area contributed by atoms with Crippen LogP contribution in [-0.4, -0.2) is 29.8 Å². The number of amides is 2. The van der Waals surface area contributed by atoms with Crippen molar-refractivity contribution < 1.29 is 14.0 Å². The number of carbonyl (C=O) groups excluding carboxylic acids is 2. The van der Waals surface area contributed by atoms with Gasteiger partial charge in [-0.05, 0) is 36.8 Å². The largest absolute Gasteiger partial charge is 0.369 e. The second kappa shape index (κ2) is 8.30. The average molecular weight is 382 g/mol. The van der Waals surface area contributed by atoms with Crippen LogP contribution in [0.15, 0.2) is 58.5 Å². The number of aryl methyl sites for hydroxylation is 1. The van der Waals surface area contributed by atoms with Gasteiger partial charge in [0.25, 0.3) is 5.91 Å². The molecular weight excluding hydrogens is 363 g/mol. The number of aliphatic imine (C=N–C) groups is 2. The van der Waals surface area contributed by atoms with Crippen molar-refractivity contribution in [3.05, 3.63) is 59.9 Å². The third-order valence-electron chi connectivity index (χ3n) is 3.86. The van der Waals surface area contributed by atoms with E-state index in [-0.39, 0.29) is 24.0 Å². The summed E-state index contributed by atoms with van der Waals surface area (Å²) < 4.78 is 13.6. The van der Waals surface area contributed by atoms with Gasteiger partial charge < -0.3 is 16.4 Å². The summed E-state index contributed by atoms with van der Waals surface area (Å²) >= 11 is 0. The fourth-order valence-electron chi connectivity index (χ4n) is 2.58. The van der Waals surface area contributed by atoms with Crippen LogP contribution in [0.4, 0.5) is 15.8 Å². The molecule has 1 heterocycles. The molecule has 2 aromatic rings. The molecule has 0 aliphatic carbocycles. The maximum absolute atomic E-state index is 13.6. The van der Waals surface area contributed by atoms with Gasteiger partial charge in [-0.25, -0.2) is 9.38 Å². The summed E-state index contributed by atoms with van der Waals surface area (Å²) in [6.07, 6.45) is -0.246. The Hall–Kier alpha value is -3.75. The van der Waals surface area contributed by atoms with Gasteiger partial charge in [0.15, 0.2) is 0 Å². The van der Waals surface area contributed by atoms with Gasteiger partial charge >= 0.3 is 0 Å². The number of anilines is 2. The monoisotopic (exact) mass is 382 g/mol. The molecule has 0 saturated heterocycles. The van der Waals surface area contributed by atoms with Crippen molar-refractivity contribution in [2.75, 3.05) is 10.6 Å². The summed E-state index contributed by atoms with van der Waals surface area (Å²) in [6, 6.07) is 12.3. The number of hydrogen-bond acceptors (Lipinski definition) is 4. The molecule has 2 aromatic carbocycles. The quantitative estimate of drug-likeness (QED) is 0.475. The molecule has 0 bridgehead atoms. The van der Waals surface area contributed by atoms with Crippen LogP contribution >= 0.6 is 0 Å². The van der Waals surface area contributed by atoms with E-state index in [1.54, 1.807) is 6.07 Å². The lowest BCUT2D eigenvalue weighted by Gasteiger charge is -2.07. The highest BCUT2D eigenvalue weighted by atomic mass is 19.1. The van der Waals surface area contributed by atoms with Crippen molar-refractivity contribution in [2.45, 2.75) is 19.4 Å². The molecule has 3 rings (SSSR count). The van der Waals surface area contributed by atoms with Gasteiger partial charge in [-0.1, -0.05) is 24.3 Å². The molecule has 8 nitrogen and oxygen atoms in total. The van der Waals surface area contributed by atoms with Crippen molar-refractivity contribution in [3.63, 3.8) is 0 Å². The van der Waals surface area contributed by atoms with E-state index in [1.807, 2.05) is 31.2 Å². The van der Waals surface area contributed by atoms with Crippen LogP contribution in [0.5, 0.6) is 0 Å². The fourth-order valence-corrected chi connectivity index (χ4v) is 2.58. The lowest BCUT2D eigenvalue weighted by Crippen LogP contribution is -2.32. The molecule has 1 aliphatic heterocycles. The minimum atomic E-state index is -0.961. The zero-order chi connectivity index (χ0) is 20.1. The smallest absolute Gasteiger partial charge is 0.252 e. The van der Waals surface area contributed by atoms with Crippen LogP contribution in [0, 0.1) is 12.7 Å². The number of halogens is 1. The number of carbonyl (C=O) groups is 2. The minimum absolute atomic E-state index is 0.00587. The van der Waals surface area contributed by atoms with Crippen LogP contribution in [0.25, 0.3) is 0 Å². The number of para-hydroxylation sites is 1. The number of nitrogens with two attached hydrogens (primary N) is 1. The van der Waals surface area contributed by atoms with Crippen LogP contribution in [0.3, 0.4) is 0 Å². The zero-order valence-corrected chi connectivity index (χ0v) is 15.1. The first kappa shape index (κ1) is 19.0. The highest BCUT2D eigenvalue weighted by Crippen LogP contribution is 2.14. The predicted octanol–water partition coefficient (Wildman–Crippen LogP) is 1.74. The molecule has 2 amide bonds. The molecule has 0 fully saturated rings. The molecule has 0 radical (unpaired) electrons.